The van der Waals surface area contributed by atoms with Gasteiger partial charge in [0, 0.05) is 7.11 Å². The van der Waals surface area contributed by atoms with E-state index in [9.17, 15) is 0 Å². The molecule has 76 valence electrons. The summed E-state index contributed by atoms with van der Waals surface area (Å²) in [5.41, 5.74) is 0. The van der Waals surface area contributed by atoms with Crippen molar-refractivity contribution in [2.24, 2.45) is 0 Å². The summed E-state index contributed by atoms with van der Waals surface area (Å²) in [5.74, 6) is -0.467. The summed E-state index contributed by atoms with van der Waals surface area (Å²) >= 11 is 0. The molecule has 0 radical (unpaired) electrons. The van der Waals surface area contributed by atoms with E-state index < -0.39 is 5.79 Å². The zero-order chi connectivity index (χ0) is 9.47. The number of hydrogen-bond donors (Lipinski definition) is 0. The molecule has 0 aromatic heterocycles. The predicted octanol–water partition coefficient (Wildman–Crippen LogP) is 0.552. The number of methoxy groups -OCH3 is 1. The van der Waals surface area contributed by atoms with Crippen molar-refractivity contribution >= 4 is 0 Å². The maximum absolute atomic E-state index is 5.71. The van der Waals surface area contributed by atoms with E-state index in [0.29, 0.717) is 13.2 Å². The lowest BCUT2D eigenvalue weighted by molar-refractivity contribution is -0.178. The summed E-state index contributed by atoms with van der Waals surface area (Å²) in [6.07, 6.45) is 0.141. The fraction of sp³-hybridized carbons (Fsp3) is 1.00. The Bertz CT molecular complexity index is 190. The molecule has 0 unspecified atom stereocenters. The van der Waals surface area contributed by atoms with Crippen LogP contribution in [0.3, 0.4) is 0 Å². The highest BCUT2D eigenvalue weighted by molar-refractivity contribution is 4.92. The van der Waals surface area contributed by atoms with Gasteiger partial charge in [-0.05, 0) is 13.8 Å². The van der Waals surface area contributed by atoms with Gasteiger partial charge in [0.2, 0.25) is 0 Å². The molecule has 2 rings (SSSR count). The van der Waals surface area contributed by atoms with Crippen LogP contribution in [0.2, 0.25) is 0 Å². The molecule has 13 heavy (non-hydrogen) atoms. The maximum atomic E-state index is 5.71. The zero-order valence-electron chi connectivity index (χ0n) is 8.28. The van der Waals surface area contributed by atoms with Gasteiger partial charge in [-0.15, -0.1) is 0 Å². The van der Waals surface area contributed by atoms with Crippen LogP contribution in [0.15, 0.2) is 0 Å². The second-order valence-electron chi connectivity index (χ2n) is 3.97. The van der Waals surface area contributed by atoms with Gasteiger partial charge in [0.1, 0.15) is 18.3 Å². The molecule has 0 bridgehead atoms. The quantitative estimate of drug-likeness (QED) is 0.634. The van der Waals surface area contributed by atoms with E-state index in [0.717, 1.165) is 0 Å². The van der Waals surface area contributed by atoms with E-state index >= 15 is 0 Å². The number of ether oxygens (including phenoxy) is 4. The zero-order valence-corrected chi connectivity index (χ0v) is 8.28. The molecule has 4 heteroatoms. The van der Waals surface area contributed by atoms with Crippen LogP contribution < -0.4 is 0 Å². The van der Waals surface area contributed by atoms with E-state index in [-0.39, 0.29) is 18.3 Å². The smallest absolute Gasteiger partial charge is 0.164 e. The Labute approximate surface area is 78.1 Å². The Morgan fingerprint density at radius 3 is 2.85 bits per heavy atom. The van der Waals surface area contributed by atoms with Gasteiger partial charge in [-0.2, -0.15) is 0 Å². The first-order chi connectivity index (χ1) is 6.12. The minimum Gasteiger partial charge on any atom is -0.382 e. The molecule has 2 saturated heterocycles. The Hall–Kier alpha value is -0.160. The van der Waals surface area contributed by atoms with Crippen molar-refractivity contribution in [3.05, 3.63) is 0 Å². The summed E-state index contributed by atoms with van der Waals surface area (Å²) < 4.78 is 21.9. The lowest BCUT2D eigenvalue weighted by atomic mass is 10.2. The van der Waals surface area contributed by atoms with Gasteiger partial charge >= 0.3 is 0 Å². The van der Waals surface area contributed by atoms with Crippen molar-refractivity contribution in [3.63, 3.8) is 0 Å². The van der Waals surface area contributed by atoms with Crippen molar-refractivity contribution in [2.45, 2.75) is 37.9 Å². The fourth-order valence-electron chi connectivity index (χ4n) is 1.93. The van der Waals surface area contributed by atoms with Crippen molar-refractivity contribution < 1.29 is 18.9 Å². The summed E-state index contributed by atoms with van der Waals surface area (Å²) in [5, 5.41) is 0. The Balaban J connectivity index is 1.99. The van der Waals surface area contributed by atoms with Crippen LogP contribution in [0.25, 0.3) is 0 Å². The third-order valence-corrected chi connectivity index (χ3v) is 2.39. The molecular formula is C9H16O4. The molecule has 0 aliphatic carbocycles. The molecule has 0 N–H and O–H groups in total. The summed E-state index contributed by atoms with van der Waals surface area (Å²) in [7, 11) is 1.66. The number of rotatable bonds is 2. The van der Waals surface area contributed by atoms with Gasteiger partial charge in [0.15, 0.2) is 5.79 Å². The third-order valence-electron chi connectivity index (χ3n) is 2.39. The van der Waals surface area contributed by atoms with E-state index in [2.05, 4.69) is 0 Å². The second kappa shape index (κ2) is 3.20. The van der Waals surface area contributed by atoms with Crippen LogP contribution in [0, 0.1) is 0 Å². The molecule has 2 aliphatic rings. The average molecular weight is 188 g/mol. The molecule has 2 heterocycles. The lowest BCUT2D eigenvalue weighted by Crippen LogP contribution is -2.32. The Morgan fingerprint density at radius 2 is 2.15 bits per heavy atom. The first-order valence-electron chi connectivity index (χ1n) is 4.58. The highest BCUT2D eigenvalue weighted by Crippen LogP contribution is 2.35. The van der Waals surface area contributed by atoms with Gasteiger partial charge in [0.25, 0.3) is 0 Å². The van der Waals surface area contributed by atoms with Gasteiger partial charge in [-0.3, -0.25) is 0 Å². The molecule has 0 aromatic carbocycles. The molecule has 0 saturated carbocycles. The van der Waals surface area contributed by atoms with Crippen LogP contribution in [0.4, 0.5) is 0 Å². The van der Waals surface area contributed by atoms with E-state index in [1.54, 1.807) is 7.11 Å². The molecule has 2 aliphatic heterocycles. The van der Waals surface area contributed by atoms with E-state index in [1.165, 1.54) is 0 Å². The van der Waals surface area contributed by atoms with Gasteiger partial charge < -0.3 is 18.9 Å². The van der Waals surface area contributed by atoms with Crippen LogP contribution >= 0.6 is 0 Å². The summed E-state index contributed by atoms with van der Waals surface area (Å²) in [4.78, 5) is 0. The van der Waals surface area contributed by atoms with Gasteiger partial charge in [0.05, 0.1) is 13.2 Å². The lowest BCUT2D eigenvalue weighted by Gasteiger charge is -2.21. The normalized spacial score (nSPS) is 42.2. The molecule has 0 amide bonds. The van der Waals surface area contributed by atoms with Crippen molar-refractivity contribution in [1.29, 1.82) is 0 Å². The first-order valence-corrected chi connectivity index (χ1v) is 4.58. The molecular weight excluding hydrogens is 172 g/mol. The minimum absolute atomic E-state index is 0.0248. The first kappa shape index (κ1) is 9.40. The summed E-state index contributed by atoms with van der Waals surface area (Å²) in [6.45, 7) is 5.03. The predicted molar refractivity (Wildman–Crippen MR) is 45.4 cm³/mol. The van der Waals surface area contributed by atoms with Crippen LogP contribution in [-0.4, -0.2) is 44.4 Å². The van der Waals surface area contributed by atoms with Gasteiger partial charge in [-0.25, -0.2) is 0 Å². The molecule has 0 aromatic rings. The van der Waals surface area contributed by atoms with Crippen LogP contribution in [0.5, 0.6) is 0 Å². The monoisotopic (exact) mass is 188 g/mol. The van der Waals surface area contributed by atoms with Crippen molar-refractivity contribution in [1.82, 2.24) is 0 Å². The van der Waals surface area contributed by atoms with Gasteiger partial charge in [-0.1, -0.05) is 0 Å². The largest absolute Gasteiger partial charge is 0.382 e. The maximum Gasteiger partial charge on any atom is 0.164 e. The molecule has 4 nitrogen and oxygen atoms in total. The Morgan fingerprint density at radius 1 is 1.38 bits per heavy atom. The molecule has 3 atom stereocenters. The van der Waals surface area contributed by atoms with Crippen molar-refractivity contribution in [2.75, 3.05) is 20.3 Å². The number of hydrogen-bond acceptors (Lipinski definition) is 4. The highest BCUT2D eigenvalue weighted by atomic mass is 16.8. The fourth-order valence-corrected chi connectivity index (χ4v) is 1.93. The van der Waals surface area contributed by atoms with Crippen molar-refractivity contribution in [3.8, 4) is 0 Å². The van der Waals surface area contributed by atoms with E-state index in [1.807, 2.05) is 13.8 Å². The third kappa shape index (κ3) is 1.72. The number of fused-ring (bicyclic) bond motifs is 1. The standard InChI is InChI=1S/C9H16O4/c1-9(2)12-7-5-11-6(4-10-3)8(7)13-9/h6-8H,4-5H2,1-3H3/t6-,7+,8-/m1/s1. The topological polar surface area (TPSA) is 36.9 Å². The molecule has 0 spiro atoms. The minimum atomic E-state index is -0.467. The van der Waals surface area contributed by atoms with Crippen LogP contribution in [0.1, 0.15) is 13.8 Å². The highest BCUT2D eigenvalue weighted by Gasteiger charge is 2.49. The average Bonchev–Trinajstić information content (AvgIpc) is 2.48. The molecule has 2 fully saturated rings. The summed E-state index contributed by atoms with van der Waals surface area (Å²) in [6, 6.07) is 0. The SMILES string of the molecule is COC[C@H]1OC[C@@H]2OC(C)(C)O[C@@H]21. The Kier molecular flexibility index (Phi) is 2.32. The van der Waals surface area contributed by atoms with Crippen LogP contribution in [-0.2, 0) is 18.9 Å². The second-order valence-corrected chi connectivity index (χ2v) is 3.97. The van der Waals surface area contributed by atoms with E-state index in [4.69, 9.17) is 18.9 Å².